The third-order valence-corrected chi connectivity index (χ3v) is 4.06. The van der Waals surface area contributed by atoms with Crippen molar-refractivity contribution in [1.29, 1.82) is 0 Å². The Balaban J connectivity index is 1.90. The first kappa shape index (κ1) is 15.1. The van der Waals surface area contributed by atoms with Gasteiger partial charge in [-0.25, -0.2) is 0 Å². The highest BCUT2D eigenvalue weighted by atomic mass is 16.5. The molecule has 1 aromatic carbocycles. The van der Waals surface area contributed by atoms with E-state index in [-0.39, 0.29) is 0 Å². The van der Waals surface area contributed by atoms with E-state index in [1.807, 2.05) is 12.1 Å². The monoisotopic (exact) mass is 279 g/mol. The van der Waals surface area contributed by atoms with E-state index in [1.54, 1.807) is 14.2 Å². The van der Waals surface area contributed by atoms with Gasteiger partial charge in [-0.05, 0) is 24.3 Å². The summed E-state index contributed by atoms with van der Waals surface area (Å²) < 4.78 is 16.1. The maximum atomic E-state index is 5.43. The van der Waals surface area contributed by atoms with Crippen LogP contribution in [0.5, 0.6) is 11.5 Å². The molecule has 1 N–H and O–H groups in total. The Morgan fingerprint density at radius 3 is 2.60 bits per heavy atom. The van der Waals surface area contributed by atoms with E-state index in [1.165, 1.54) is 0 Å². The average molecular weight is 279 g/mol. The summed E-state index contributed by atoms with van der Waals surface area (Å²) in [5, 5.41) is 3.55. The summed E-state index contributed by atoms with van der Waals surface area (Å²) in [6.07, 6.45) is 2.25. The topological polar surface area (TPSA) is 39.7 Å². The lowest BCUT2D eigenvalue weighted by Crippen LogP contribution is -2.36. The zero-order valence-corrected chi connectivity index (χ0v) is 12.7. The van der Waals surface area contributed by atoms with Crippen molar-refractivity contribution in [3.8, 4) is 11.5 Å². The van der Waals surface area contributed by atoms with Crippen LogP contribution in [-0.4, -0.2) is 34.0 Å². The van der Waals surface area contributed by atoms with Crippen molar-refractivity contribution in [3.05, 3.63) is 23.8 Å². The summed E-state index contributed by atoms with van der Waals surface area (Å²) in [5.74, 6) is 1.69. The van der Waals surface area contributed by atoms with Gasteiger partial charge in [-0.3, -0.25) is 0 Å². The van der Waals surface area contributed by atoms with E-state index in [9.17, 15) is 0 Å². The van der Waals surface area contributed by atoms with Gasteiger partial charge >= 0.3 is 0 Å². The number of nitrogens with one attached hydrogen (secondary N) is 1. The molecule has 0 spiro atoms. The van der Waals surface area contributed by atoms with E-state index < -0.39 is 0 Å². The lowest BCUT2D eigenvalue weighted by molar-refractivity contribution is 0.0240. The minimum atomic E-state index is 0.345. The molecule has 4 nitrogen and oxygen atoms in total. The highest BCUT2D eigenvalue weighted by Crippen LogP contribution is 2.29. The Kier molecular flexibility index (Phi) is 5.26. The van der Waals surface area contributed by atoms with Crippen LogP contribution in [-0.2, 0) is 11.3 Å². The Morgan fingerprint density at radius 2 is 1.95 bits per heavy atom. The van der Waals surface area contributed by atoms with Crippen LogP contribution in [0.3, 0.4) is 0 Å². The van der Waals surface area contributed by atoms with Crippen LogP contribution in [0, 0.1) is 5.41 Å². The van der Waals surface area contributed by atoms with Crippen molar-refractivity contribution >= 4 is 0 Å². The lowest BCUT2D eigenvalue weighted by Gasteiger charge is -2.33. The molecule has 0 atom stereocenters. The number of benzene rings is 1. The Bertz CT molecular complexity index is 428. The molecule has 1 aromatic rings. The van der Waals surface area contributed by atoms with Gasteiger partial charge in [0.15, 0.2) is 0 Å². The highest BCUT2D eigenvalue weighted by Gasteiger charge is 2.26. The predicted molar refractivity (Wildman–Crippen MR) is 79.4 cm³/mol. The molecule has 20 heavy (non-hydrogen) atoms. The van der Waals surface area contributed by atoms with Crippen LogP contribution in [0.15, 0.2) is 18.2 Å². The van der Waals surface area contributed by atoms with Gasteiger partial charge in [0.1, 0.15) is 11.5 Å². The first-order valence-electron chi connectivity index (χ1n) is 7.16. The molecule has 0 bridgehead atoms. The highest BCUT2D eigenvalue weighted by molar-refractivity contribution is 5.40. The van der Waals surface area contributed by atoms with Gasteiger partial charge in [-0.15, -0.1) is 0 Å². The number of hydrogen-bond acceptors (Lipinski definition) is 4. The SMILES string of the molecule is COc1ccc(CNCC2(C)CCOCC2)c(OC)c1. The van der Waals surface area contributed by atoms with E-state index >= 15 is 0 Å². The summed E-state index contributed by atoms with van der Waals surface area (Å²) in [6, 6.07) is 5.94. The fourth-order valence-corrected chi connectivity index (χ4v) is 2.54. The Morgan fingerprint density at radius 1 is 1.20 bits per heavy atom. The summed E-state index contributed by atoms with van der Waals surface area (Å²) in [6.45, 7) is 5.90. The van der Waals surface area contributed by atoms with Crippen LogP contribution in [0.4, 0.5) is 0 Å². The summed E-state index contributed by atoms with van der Waals surface area (Å²) in [4.78, 5) is 0. The van der Waals surface area contributed by atoms with Gasteiger partial charge < -0.3 is 19.5 Å². The van der Waals surface area contributed by atoms with Crippen molar-refractivity contribution in [2.75, 3.05) is 34.0 Å². The van der Waals surface area contributed by atoms with Gasteiger partial charge in [0, 0.05) is 37.9 Å². The molecule has 1 aliphatic heterocycles. The average Bonchev–Trinajstić information content (AvgIpc) is 2.48. The van der Waals surface area contributed by atoms with Crippen molar-refractivity contribution in [2.24, 2.45) is 5.41 Å². The maximum Gasteiger partial charge on any atom is 0.127 e. The van der Waals surface area contributed by atoms with E-state index in [2.05, 4.69) is 18.3 Å². The molecular formula is C16H25NO3. The molecule has 0 saturated carbocycles. The van der Waals surface area contributed by atoms with Crippen molar-refractivity contribution in [2.45, 2.75) is 26.3 Å². The fraction of sp³-hybridized carbons (Fsp3) is 0.625. The predicted octanol–water partition coefficient (Wildman–Crippen LogP) is 2.61. The molecule has 0 aliphatic carbocycles. The first-order valence-corrected chi connectivity index (χ1v) is 7.16. The maximum absolute atomic E-state index is 5.43. The second kappa shape index (κ2) is 6.95. The second-order valence-electron chi connectivity index (χ2n) is 5.70. The van der Waals surface area contributed by atoms with E-state index in [4.69, 9.17) is 14.2 Å². The lowest BCUT2D eigenvalue weighted by atomic mass is 9.82. The minimum absolute atomic E-state index is 0.345. The molecule has 0 radical (unpaired) electrons. The summed E-state index contributed by atoms with van der Waals surface area (Å²) in [5.41, 5.74) is 1.50. The Labute approximate surface area is 121 Å². The van der Waals surface area contributed by atoms with Gasteiger partial charge in [0.2, 0.25) is 0 Å². The van der Waals surface area contributed by atoms with Gasteiger partial charge in [0.25, 0.3) is 0 Å². The molecule has 1 heterocycles. The van der Waals surface area contributed by atoms with Gasteiger partial charge in [0.05, 0.1) is 14.2 Å². The molecule has 112 valence electrons. The largest absolute Gasteiger partial charge is 0.497 e. The molecular weight excluding hydrogens is 254 g/mol. The summed E-state index contributed by atoms with van der Waals surface area (Å²) >= 11 is 0. The van der Waals surface area contributed by atoms with Crippen LogP contribution in [0.1, 0.15) is 25.3 Å². The fourth-order valence-electron chi connectivity index (χ4n) is 2.54. The number of methoxy groups -OCH3 is 2. The molecule has 2 rings (SSSR count). The van der Waals surface area contributed by atoms with Crippen LogP contribution < -0.4 is 14.8 Å². The molecule has 1 saturated heterocycles. The first-order chi connectivity index (χ1) is 9.67. The third-order valence-electron chi connectivity index (χ3n) is 4.06. The van der Waals surface area contributed by atoms with Gasteiger partial charge in [-0.2, -0.15) is 0 Å². The third kappa shape index (κ3) is 3.87. The smallest absolute Gasteiger partial charge is 0.127 e. The molecule has 1 aliphatic rings. The van der Waals surface area contributed by atoms with Gasteiger partial charge in [-0.1, -0.05) is 13.0 Å². The molecule has 0 aromatic heterocycles. The zero-order chi connectivity index (χ0) is 14.4. The van der Waals surface area contributed by atoms with E-state index in [0.717, 1.165) is 56.2 Å². The van der Waals surface area contributed by atoms with Crippen molar-refractivity contribution in [3.63, 3.8) is 0 Å². The Hall–Kier alpha value is -1.26. The number of ether oxygens (including phenoxy) is 3. The quantitative estimate of drug-likeness (QED) is 0.869. The van der Waals surface area contributed by atoms with Crippen LogP contribution >= 0.6 is 0 Å². The summed E-state index contributed by atoms with van der Waals surface area (Å²) in [7, 11) is 3.36. The normalized spacial score (nSPS) is 17.8. The van der Waals surface area contributed by atoms with Crippen LogP contribution in [0.2, 0.25) is 0 Å². The second-order valence-corrected chi connectivity index (χ2v) is 5.70. The van der Waals surface area contributed by atoms with E-state index in [0.29, 0.717) is 5.41 Å². The molecule has 4 heteroatoms. The standard InChI is InChI=1S/C16H25NO3/c1-16(6-8-20-9-7-16)12-17-11-13-4-5-14(18-2)10-15(13)19-3/h4-5,10,17H,6-9,11-12H2,1-3H3. The van der Waals surface area contributed by atoms with Crippen LogP contribution in [0.25, 0.3) is 0 Å². The molecule has 0 amide bonds. The number of hydrogen-bond donors (Lipinski definition) is 1. The van der Waals surface area contributed by atoms with Crippen molar-refractivity contribution in [1.82, 2.24) is 5.32 Å². The molecule has 1 fully saturated rings. The minimum Gasteiger partial charge on any atom is -0.497 e. The molecule has 0 unspecified atom stereocenters. The number of rotatable bonds is 6. The zero-order valence-electron chi connectivity index (χ0n) is 12.7. The van der Waals surface area contributed by atoms with Crippen molar-refractivity contribution < 1.29 is 14.2 Å².